The summed E-state index contributed by atoms with van der Waals surface area (Å²) in [7, 11) is 0. The van der Waals surface area contributed by atoms with Gasteiger partial charge in [-0.2, -0.15) is 0 Å². The van der Waals surface area contributed by atoms with Crippen molar-refractivity contribution in [3.05, 3.63) is 39.4 Å². The number of Topliss-reactive ketones (excluding diaryl/α,β-unsaturated/α-hetero) is 1. The predicted molar refractivity (Wildman–Crippen MR) is 57.5 cm³/mol. The molecule has 1 aromatic carbocycles. The molecule has 0 aliphatic heterocycles. The minimum Gasteiger partial charge on any atom is -0.292 e. The van der Waals surface area contributed by atoms with Crippen LogP contribution in [0.3, 0.4) is 0 Å². The van der Waals surface area contributed by atoms with E-state index >= 15 is 0 Å². The molecule has 1 rings (SSSR count). The van der Waals surface area contributed by atoms with Crippen LogP contribution in [0.25, 0.3) is 0 Å². The fraction of sp³-hybridized carbons (Fsp3) is 0.300. The molecule has 0 fully saturated rings. The number of benzene rings is 1. The zero-order valence-electron chi connectivity index (χ0n) is 8.36. The van der Waals surface area contributed by atoms with Gasteiger partial charge in [-0.25, -0.2) is 0 Å². The predicted octanol–water partition coefficient (Wildman–Crippen LogP) is 2.71. The second-order valence-electron chi connectivity index (χ2n) is 3.26. The normalized spacial score (nSPS) is 12.2. The number of halogens is 1. The molecule has 5 heteroatoms. The van der Waals surface area contributed by atoms with E-state index in [1.54, 1.807) is 13.0 Å². The van der Waals surface area contributed by atoms with Crippen molar-refractivity contribution in [1.82, 2.24) is 0 Å². The van der Waals surface area contributed by atoms with E-state index in [9.17, 15) is 14.9 Å². The smallest absolute Gasteiger partial charge is 0.280 e. The highest BCUT2D eigenvalue weighted by Gasteiger charge is 2.22. The molecule has 0 aliphatic carbocycles. The van der Waals surface area contributed by atoms with Gasteiger partial charge in [-0.1, -0.05) is 6.07 Å². The summed E-state index contributed by atoms with van der Waals surface area (Å²) < 4.78 is 0. The lowest BCUT2D eigenvalue weighted by molar-refractivity contribution is -0.385. The van der Waals surface area contributed by atoms with Gasteiger partial charge in [0.15, 0.2) is 5.78 Å². The molecule has 80 valence electrons. The summed E-state index contributed by atoms with van der Waals surface area (Å²) in [6.07, 6.45) is 0. The van der Waals surface area contributed by atoms with E-state index in [1.807, 2.05) is 0 Å². The Morgan fingerprint density at radius 3 is 2.60 bits per heavy atom. The van der Waals surface area contributed by atoms with Crippen LogP contribution in [0.2, 0.25) is 0 Å². The fourth-order valence-corrected chi connectivity index (χ4v) is 1.33. The van der Waals surface area contributed by atoms with E-state index in [0.29, 0.717) is 0 Å². The number of hydrogen-bond donors (Lipinski definition) is 0. The Hall–Kier alpha value is -1.42. The highest BCUT2D eigenvalue weighted by Crippen LogP contribution is 2.22. The van der Waals surface area contributed by atoms with Gasteiger partial charge in [0, 0.05) is 6.07 Å². The Bertz CT molecular complexity index is 415. The highest BCUT2D eigenvalue weighted by molar-refractivity contribution is 6.34. The first-order chi connectivity index (χ1) is 6.93. The number of alkyl halides is 1. The van der Waals surface area contributed by atoms with Crippen molar-refractivity contribution in [2.75, 3.05) is 0 Å². The quantitative estimate of drug-likeness (QED) is 0.345. The maximum atomic E-state index is 11.5. The van der Waals surface area contributed by atoms with Crippen molar-refractivity contribution in [2.45, 2.75) is 19.2 Å². The molecule has 0 amide bonds. The number of rotatable bonds is 3. The van der Waals surface area contributed by atoms with Crippen LogP contribution < -0.4 is 0 Å². The third-order valence-corrected chi connectivity index (χ3v) is 2.17. The molecule has 0 N–H and O–H groups in total. The molecule has 1 aromatic rings. The second-order valence-corrected chi connectivity index (χ2v) is 3.91. The largest absolute Gasteiger partial charge is 0.292 e. The Morgan fingerprint density at radius 1 is 1.53 bits per heavy atom. The highest BCUT2D eigenvalue weighted by atomic mass is 35.5. The van der Waals surface area contributed by atoms with E-state index in [1.165, 1.54) is 19.1 Å². The summed E-state index contributed by atoms with van der Waals surface area (Å²) in [4.78, 5) is 21.7. The molecule has 1 unspecified atom stereocenters. The van der Waals surface area contributed by atoms with Gasteiger partial charge in [0.2, 0.25) is 0 Å². The third-order valence-electron chi connectivity index (χ3n) is 1.98. The van der Waals surface area contributed by atoms with Crippen molar-refractivity contribution in [1.29, 1.82) is 0 Å². The van der Waals surface area contributed by atoms with Crippen molar-refractivity contribution >= 4 is 23.1 Å². The van der Waals surface area contributed by atoms with Crippen LogP contribution in [-0.2, 0) is 0 Å². The lowest BCUT2D eigenvalue weighted by Gasteiger charge is -2.04. The molecular weight excluding hydrogens is 218 g/mol. The average molecular weight is 228 g/mol. The van der Waals surface area contributed by atoms with Crippen molar-refractivity contribution < 1.29 is 9.72 Å². The Morgan fingerprint density at radius 2 is 2.13 bits per heavy atom. The minimum atomic E-state index is -0.758. The molecule has 0 aliphatic rings. The molecular formula is C10H10ClNO3. The molecule has 4 nitrogen and oxygen atoms in total. The Kier molecular flexibility index (Phi) is 3.42. The number of nitrogens with zero attached hydrogens (tertiary/aromatic N) is 1. The fourth-order valence-electron chi connectivity index (χ4n) is 1.22. The number of carbonyl (C=O) groups is 1. The molecule has 1 atom stereocenters. The van der Waals surface area contributed by atoms with Gasteiger partial charge < -0.3 is 0 Å². The van der Waals surface area contributed by atoms with E-state index in [-0.39, 0.29) is 11.3 Å². The van der Waals surface area contributed by atoms with E-state index < -0.39 is 16.1 Å². The molecule has 0 bridgehead atoms. The summed E-state index contributed by atoms with van der Waals surface area (Å²) in [6.45, 7) is 3.22. The zero-order chi connectivity index (χ0) is 11.6. The lowest BCUT2D eigenvalue weighted by atomic mass is 10.0. The van der Waals surface area contributed by atoms with Gasteiger partial charge in [0.25, 0.3) is 5.69 Å². The van der Waals surface area contributed by atoms with Gasteiger partial charge in [-0.05, 0) is 25.5 Å². The van der Waals surface area contributed by atoms with Crippen LogP contribution in [0.15, 0.2) is 18.2 Å². The molecule has 15 heavy (non-hydrogen) atoms. The Labute approximate surface area is 92.0 Å². The van der Waals surface area contributed by atoms with E-state index in [2.05, 4.69) is 0 Å². The topological polar surface area (TPSA) is 60.2 Å². The number of hydrogen-bond acceptors (Lipinski definition) is 3. The molecule has 0 aromatic heterocycles. The summed E-state index contributed by atoms with van der Waals surface area (Å²) in [5.41, 5.74) is 0.612. The maximum Gasteiger partial charge on any atom is 0.280 e. The van der Waals surface area contributed by atoms with Crippen LogP contribution in [0.5, 0.6) is 0 Å². The number of nitro groups is 1. The molecule has 0 saturated heterocycles. The minimum absolute atomic E-state index is 0.0631. The van der Waals surface area contributed by atoms with Gasteiger partial charge >= 0.3 is 0 Å². The van der Waals surface area contributed by atoms with Gasteiger partial charge in [-0.3, -0.25) is 14.9 Å². The zero-order valence-corrected chi connectivity index (χ0v) is 9.12. The van der Waals surface area contributed by atoms with Gasteiger partial charge in [0.1, 0.15) is 0 Å². The van der Waals surface area contributed by atoms with Crippen LogP contribution >= 0.6 is 11.6 Å². The molecule has 0 radical (unpaired) electrons. The first-order valence-electron chi connectivity index (χ1n) is 4.37. The number of carbonyl (C=O) groups excluding carboxylic acids is 1. The van der Waals surface area contributed by atoms with Gasteiger partial charge in [0.05, 0.1) is 15.9 Å². The summed E-state index contributed by atoms with van der Waals surface area (Å²) in [5.74, 6) is -0.427. The van der Waals surface area contributed by atoms with Crippen LogP contribution in [-0.4, -0.2) is 16.1 Å². The summed E-state index contributed by atoms with van der Waals surface area (Å²) >= 11 is 5.61. The summed E-state index contributed by atoms with van der Waals surface area (Å²) in [6, 6.07) is 4.46. The van der Waals surface area contributed by atoms with Crippen LogP contribution in [0, 0.1) is 17.0 Å². The number of aryl methyl sites for hydroxylation is 1. The summed E-state index contributed by atoms with van der Waals surface area (Å²) in [5, 5.41) is 9.95. The van der Waals surface area contributed by atoms with E-state index in [4.69, 9.17) is 11.6 Å². The molecule has 0 heterocycles. The van der Waals surface area contributed by atoms with Crippen LogP contribution in [0.4, 0.5) is 5.69 Å². The van der Waals surface area contributed by atoms with E-state index in [0.717, 1.165) is 5.56 Å². The van der Waals surface area contributed by atoms with Crippen molar-refractivity contribution in [3.63, 3.8) is 0 Å². The SMILES string of the molecule is Cc1ccc(C(=O)C(C)Cl)c([N+](=O)[O-])c1. The standard InChI is InChI=1S/C10H10ClNO3/c1-6-3-4-8(10(13)7(2)11)9(5-6)12(14)15/h3-5,7H,1-2H3. The van der Waals surface area contributed by atoms with Crippen LogP contribution in [0.1, 0.15) is 22.8 Å². The first kappa shape index (κ1) is 11.7. The number of ketones is 1. The second kappa shape index (κ2) is 4.40. The third kappa shape index (κ3) is 2.53. The molecule has 0 spiro atoms. The first-order valence-corrected chi connectivity index (χ1v) is 4.80. The monoisotopic (exact) mass is 227 g/mol. The average Bonchev–Trinajstić information content (AvgIpc) is 2.16. The maximum absolute atomic E-state index is 11.5. The number of nitro benzene ring substituents is 1. The van der Waals surface area contributed by atoms with Crippen molar-refractivity contribution in [3.8, 4) is 0 Å². The lowest BCUT2D eigenvalue weighted by Crippen LogP contribution is -2.12. The Balaban J connectivity index is 3.29. The van der Waals surface area contributed by atoms with Crippen molar-refractivity contribution in [2.24, 2.45) is 0 Å². The van der Waals surface area contributed by atoms with Gasteiger partial charge in [-0.15, -0.1) is 11.6 Å². The molecule has 0 saturated carbocycles.